The Hall–Kier alpha value is -0.980. The van der Waals surface area contributed by atoms with Crippen LogP contribution in [0.5, 0.6) is 0 Å². The number of nitrogens with one attached hydrogen (secondary N) is 1. The Morgan fingerprint density at radius 2 is 1.67 bits per heavy atom. The summed E-state index contributed by atoms with van der Waals surface area (Å²) in [5, 5.41) is 32.4. The topological polar surface area (TPSA) is 85.2 Å². The van der Waals surface area contributed by atoms with Crippen LogP contribution in [0.15, 0.2) is 30.3 Å². The Morgan fingerprint density at radius 3 is 2.39 bits per heavy atom. The van der Waals surface area contributed by atoms with Crippen LogP contribution in [0.4, 0.5) is 0 Å². The third-order valence-electron chi connectivity index (χ3n) is 3.70. The van der Waals surface area contributed by atoms with Crippen LogP contribution in [-0.2, 0) is 11.3 Å². The molecule has 4 N–H and O–H groups in total. The highest BCUT2D eigenvalue weighted by molar-refractivity contribution is 5.16. The zero-order valence-corrected chi connectivity index (χ0v) is 9.81. The van der Waals surface area contributed by atoms with Gasteiger partial charge in [0.05, 0.1) is 6.04 Å². The summed E-state index contributed by atoms with van der Waals surface area (Å²) in [5.74, 6) is 0. The number of fused-ring (bicyclic) bond motifs is 1. The first kappa shape index (κ1) is 12.1. The fourth-order valence-electron chi connectivity index (χ4n) is 2.57. The van der Waals surface area contributed by atoms with E-state index in [1.807, 2.05) is 30.3 Å². The summed E-state index contributed by atoms with van der Waals surface area (Å²) in [5.41, 5.74) is 1.10. The molecule has 98 valence electrons. The van der Waals surface area contributed by atoms with E-state index in [1.54, 1.807) is 0 Å². The number of aliphatic hydroxyl groups excluding tert-OH is 3. The number of epoxide rings is 1. The number of hydrogen-bond acceptors (Lipinski definition) is 5. The van der Waals surface area contributed by atoms with Crippen molar-refractivity contribution in [2.45, 2.75) is 43.1 Å². The molecule has 0 amide bonds. The van der Waals surface area contributed by atoms with Crippen LogP contribution in [0.3, 0.4) is 0 Å². The Balaban J connectivity index is 1.63. The Morgan fingerprint density at radius 1 is 0.944 bits per heavy atom. The van der Waals surface area contributed by atoms with Gasteiger partial charge in [0.1, 0.15) is 30.5 Å². The smallest absolute Gasteiger partial charge is 0.114 e. The Bertz CT molecular complexity index is 413. The maximum Gasteiger partial charge on any atom is 0.114 e. The average molecular weight is 251 g/mol. The highest BCUT2D eigenvalue weighted by Gasteiger charge is 2.59. The van der Waals surface area contributed by atoms with Crippen molar-refractivity contribution in [1.29, 1.82) is 0 Å². The van der Waals surface area contributed by atoms with Crippen molar-refractivity contribution >= 4 is 0 Å². The molecule has 1 aromatic carbocycles. The zero-order valence-electron chi connectivity index (χ0n) is 9.81. The van der Waals surface area contributed by atoms with Crippen molar-refractivity contribution in [2.24, 2.45) is 0 Å². The molecular formula is C13H17NO4. The van der Waals surface area contributed by atoms with Crippen molar-refractivity contribution in [3.63, 3.8) is 0 Å². The minimum absolute atomic E-state index is 0.206. The predicted octanol–water partition coefficient (Wildman–Crippen LogP) is -0.992. The molecule has 1 aliphatic heterocycles. The third kappa shape index (κ3) is 2.04. The molecule has 3 rings (SSSR count). The van der Waals surface area contributed by atoms with Crippen LogP contribution in [0.25, 0.3) is 0 Å². The van der Waals surface area contributed by atoms with Crippen molar-refractivity contribution in [3.8, 4) is 0 Å². The highest BCUT2D eigenvalue weighted by atomic mass is 16.6. The fourth-order valence-corrected chi connectivity index (χ4v) is 2.57. The predicted molar refractivity (Wildman–Crippen MR) is 63.8 cm³/mol. The van der Waals surface area contributed by atoms with Crippen LogP contribution in [-0.4, -0.2) is 51.9 Å². The minimum Gasteiger partial charge on any atom is -0.389 e. The molecule has 1 saturated heterocycles. The van der Waals surface area contributed by atoms with Gasteiger partial charge in [-0.3, -0.25) is 0 Å². The van der Waals surface area contributed by atoms with E-state index >= 15 is 0 Å². The first-order valence-corrected chi connectivity index (χ1v) is 6.15. The van der Waals surface area contributed by atoms with Crippen LogP contribution >= 0.6 is 0 Å². The lowest BCUT2D eigenvalue weighted by molar-refractivity contribution is -0.0876. The summed E-state index contributed by atoms with van der Waals surface area (Å²) in [6, 6.07) is 9.47. The van der Waals surface area contributed by atoms with Crippen LogP contribution in [0.1, 0.15) is 5.56 Å². The van der Waals surface area contributed by atoms with Gasteiger partial charge < -0.3 is 25.4 Å². The maximum atomic E-state index is 9.93. The van der Waals surface area contributed by atoms with E-state index < -0.39 is 18.3 Å². The normalized spacial score (nSPS) is 42.4. The molecule has 1 aliphatic carbocycles. The molecule has 18 heavy (non-hydrogen) atoms. The first-order valence-electron chi connectivity index (χ1n) is 6.15. The lowest BCUT2D eigenvalue weighted by Crippen LogP contribution is -2.58. The van der Waals surface area contributed by atoms with Crippen LogP contribution in [0.2, 0.25) is 0 Å². The molecular weight excluding hydrogens is 234 g/mol. The van der Waals surface area contributed by atoms with Crippen molar-refractivity contribution in [2.75, 3.05) is 0 Å². The van der Waals surface area contributed by atoms with Crippen molar-refractivity contribution in [3.05, 3.63) is 35.9 Å². The Labute approximate surface area is 105 Å². The molecule has 6 atom stereocenters. The van der Waals surface area contributed by atoms with Gasteiger partial charge in [-0.2, -0.15) is 0 Å². The minimum atomic E-state index is -1.15. The molecule has 0 aromatic heterocycles. The van der Waals surface area contributed by atoms with E-state index in [2.05, 4.69) is 5.32 Å². The summed E-state index contributed by atoms with van der Waals surface area (Å²) < 4.78 is 5.30. The molecule has 0 unspecified atom stereocenters. The fraction of sp³-hybridized carbons (Fsp3) is 0.538. The van der Waals surface area contributed by atoms with E-state index in [0.717, 1.165) is 5.56 Å². The third-order valence-corrected chi connectivity index (χ3v) is 3.70. The molecule has 2 aliphatic rings. The average Bonchev–Trinajstić information content (AvgIpc) is 3.18. The molecule has 5 heteroatoms. The summed E-state index contributed by atoms with van der Waals surface area (Å²) in [4.78, 5) is 0. The summed E-state index contributed by atoms with van der Waals surface area (Å²) in [6.07, 6.45) is -3.70. The monoisotopic (exact) mass is 251 g/mol. The summed E-state index contributed by atoms with van der Waals surface area (Å²) in [6.45, 7) is 0.595. The second-order valence-electron chi connectivity index (χ2n) is 4.93. The molecule has 1 saturated carbocycles. The summed E-state index contributed by atoms with van der Waals surface area (Å²) >= 11 is 0. The van der Waals surface area contributed by atoms with E-state index in [0.29, 0.717) is 6.54 Å². The van der Waals surface area contributed by atoms with Gasteiger partial charge in [-0.1, -0.05) is 30.3 Å². The van der Waals surface area contributed by atoms with Gasteiger partial charge in [-0.25, -0.2) is 0 Å². The van der Waals surface area contributed by atoms with E-state index in [-0.39, 0.29) is 18.2 Å². The molecule has 0 bridgehead atoms. The number of benzene rings is 1. The maximum absolute atomic E-state index is 9.93. The number of aliphatic hydroxyl groups is 3. The van der Waals surface area contributed by atoms with Gasteiger partial charge in [0.15, 0.2) is 0 Å². The molecule has 0 radical (unpaired) electrons. The van der Waals surface area contributed by atoms with Crippen LogP contribution < -0.4 is 5.32 Å². The highest BCUT2D eigenvalue weighted by Crippen LogP contribution is 2.37. The molecule has 1 aromatic rings. The van der Waals surface area contributed by atoms with Gasteiger partial charge in [0.25, 0.3) is 0 Å². The largest absolute Gasteiger partial charge is 0.389 e. The number of hydrogen-bond donors (Lipinski definition) is 4. The van der Waals surface area contributed by atoms with E-state index in [9.17, 15) is 15.3 Å². The quantitative estimate of drug-likeness (QED) is 0.518. The van der Waals surface area contributed by atoms with Gasteiger partial charge in [-0.05, 0) is 5.56 Å². The molecule has 2 fully saturated rings. The second-order valence-corrected chi connectivity index (χ2v) is 4.93. The number of ether oxygens (including phenoxy) is 1. The number of rotatable bonds is 3. The first-order chi connectivity index (χ1) is 8.68. The van der Waals surface area contributed by atoms with E-state index in [4.69, 9.17) is 4.74 Å². The Kier molecular flexibility index (Phi) is 3.09. The zero-order chi connectivity index (χ0) is 12.7. The SMILES string of the molecule is O[C@@H]1[C@@H](O)[C@@H](NCc2ccccc2)[C@H]2O[C@H]2[C@H]1O. The van der Waals surface area contributed by atoms with Crippen molar-refractivity contribution in [1.82, 2.24) is 5.32 Å². The van der Waals surface area contributed by atoms with E-state index in [1.165, 1.54) is 0 Å². The van der Waals surface area contributed by atoms with Gasteiger partial charge in [0, 0.05) is 6.54 Å². The lowest BCUT2D eigenvalue weighted by atomic mass is 9.87. The van der Waals surface area contributed by atoms with Gasteiger partial charge in [0.2, 0.25) is 0 Å². The van der Waals surface area contributed by atoms with Crippen LogP contribution in [0, 0.1) is 0 Å². The second kappa shape index (κ2) is 4.60. The molecule has 1 heterocycles. The molecule has 0 spiro atoms. The van der Waals surface area contributed by atoms with Crippen molar-refractivity contribution < 1.29 is 20.1 Å². The summed E-state index contributed by atoms with van der Waals surface area (Å²) in [7, 11) is 0. The van der Waals surface area contributed by atoms with Gasteiger partial charge in [-0.15, -0.1) is 0 Å². The molecule has 5 nitrogen and oxygen atoms in total. The lowest BCUT2D eigenvalue weighted by Gasteiger charge is -2.32. The van der Waals surface area contributed by atoms with Gasteiger partial charge >= 0.3 is 0 Å². The standard InChI is InChI=1S/C13H17NO4/c15-9-8(12-13(18-12)11(17)10(9)16)14-6-7-4-2-1-3-5-7/h1-5,8-17H,6H2/t8-,9+,10-,11+,12-,13+/m1/s1.